The minimum atomic E-state index is -0.440. The molecule has 0 aromatic heterocycles. The average molecular weight is 670 g/mol. The summed E-state index contributed by atoms with van der Waals surface area (Å²) in [6.07, 6.45) is 2.95. The lowest BCUT2D eigenvalue weighted by molar-refractivity contribution is -0.118. The number of fused-ring (bicyclic) bond motifs is 2. The zero-order valence-corrected chi connectivity index (χ0v) is 27.2. The molecule has 0 unspecified atom stereocenters. The largest absolute Gasteiger partial charge is 0.495 e. The van der Waals surface area contributed by atoms with Gasteiger partial charge >= 0.3 is 0 Å². The van der Waals surface area contributed by atoms with E-state index in [2.05, 4.69) is 10.6 Å². The van der Waals surface area contributed by atoms with Gasteiger partial charge in [-0.2, -0.15) is 0 Å². The van der Waals surface area contributed by atoms with Crippen LogP contribution >= 0.6 is 23.2 Å². The first-order valence-corrected chi connectivity index (χ1v) is 14.8. The van der Waals surface area contributed by atoms with Crippen LogP contribution in [0.25, 0.3) is 16.8 Å². The number of ketones is 2. The number of rotatable bonds is 10. The number of allylic oxidation sites excluding steroid dienone is 3. The van der Waals surface area contributed by atoms with Crippen LogP contribution in [-0.4, -0.2) is 74.1 Å². The number of aliphatic hydroxyl groups excluding tert-OH is 2. The Balaban J connectivity index is 0.000000251. The van der Waals surface area contributed by atoms with Crippen LogP contribution in [0, 0.1) is 0 Å². The van der Waals surface area contributed by atoms with Crippen molar-refractivity contribution in [2.24, 2.45) is 0 Å². The minimum absolute atomic E-state index is 0.00187. The number of carbonyl (C=O) groups excluding carboxylic acids is 4. The van der Waals surface area contributed by atoms with Gasteiger partial charge in [0, 0.05) is 57.3 Å². The first-order valence-electron chi connectivity index (χ1n) is 14.1. The van der Waals surface area contributed by atoms with Gasteiger partial charge < -0.3 is 30.3 Å². The van der Waals surface area contributed by atoms with E-state index in [0.717, 1.165) is 10.8 Å². The van der Waals surface area contributed by atoms with Gasteiger partial charge in [0.1, 0.15) is 11.5 Å². The normalized spacial score (nSPS) is 13.1. The van der Waals surface area contributed by atoms with Gasteiger partial charge in [0.05, 0.1) is 37.5 Å². The average Bonchev–Trinajstić information content (AvgIpc) is 3.07. The zero-order valence-electron chi connectivity index (χ0n) is 25.7. The van der Waals surface area contributed by atoms with E-state index in [1.807, 2.05) is 24.3 Å². The molecule has 242 valence electrons. The van der Waals surface area contributed by atoms with Crippen LogP contribution in [-0.2, 0) is 9.59 Å². The minimum Gasteiger partial charge on any atom is -0.495 e. The molecule has 0 radical (unpaired) electrons. The monoisotopic (exact) mass is 668 g/mol. The highest BCUT2D eigenvalue weighted by atomic mass is 35.5. The van der Waals surface area contributed by atoms with Crippen molar-refractivity contribution in [1.82, 2.24) is 10.6 Å². The number of Topliss-reactive ketones (excluding diaryl/α,β-unsaturated/α-hetero) is 2. The summed E-state index contributed by atoms with van der Waals surface area (Å²) in [5.41, 5.74) is 1.78. The predicted octanol–water partition coefficient (Wildman–Crippen LogP) is 4.64. The molecule has 2 amide bonds. The Bertz CT molecular complexity index is 1760. The summed E-state index contributed by atoms with van der Waals surface area (Å²) >= 11 is 12.5. The van der Waals surface area contributed by atoms with Gasteiger partial charge in [-0.1, -0.05) is 71.7 Å². The quantitative estimate of drug-likeness (QED) is 0.228. The van der Waals surface area contributed by atoms with Crippen molar-refractivity contribution in [3.63, 3.8) is 0 Å². The number of halogens is 2. The third-order valence-corrected chi connectivity index (χ3v) is 7.58. The van der Waals surface area contributed by atoms with Gasteiger partial charge in [-0.25, -0.2) is 0 Å². The van der Waals surface area contributed by atoms with E-state index in [1.165, 1.54) is 13.0 Å². The first kappa shape index (κ1) is 36.0. The zero-order chi connectivity index (χ0) is 34.0. The summed E-state index contributed by atoms with van der Waals surface area (Å²) in [4.78, 5) is 48.4. The molecule has 10 nitrogen and oxygen atoms in total. The maximum absolute atomic E-state index is 12.4. The number of carbonyl (C=O) groups is 4. The lowest BCUT2D eigenvalue weighted by Gasteiger charge is -2.16. The molecular weight excluding hydrogens is 635 g/mol. The van der Waals surface area contributed by atoms with Crippen molar-refractivity contribution >= 4 is 63.4 Å². The number of benzene rings is 3. The fourth-order valence-corrected chi connectivity index (χ4v) is 5.15. The van der Waals surface area contributed by atoms with Crippen LogP contribution < -0.4 is 20.1 Å². The van der Waals surface area contributed by atoms with Crippen molar-refractivity contribution in [2.45, 2.75) is 13.8 Å². The number of nitrogens with one attached hydrogen (secondary N) is 2. The molecule has 0 saturated heterocycles. The predicted molar refractivity (Wildman–Crippen MR) is 178 cm³/mol. The summed E-state index contributed by atoms with van der Waals surface area (Å²) in [5.74, 6) is -0.450. The van der Waals surface area contributed by atoms with Crippen molar-refractivity contribution < 1.29 is 38.9 Å². The van der Waals surface area contributed by atoms with Crippen molar-refractivity contribution in [3.8, 4) is 11.5 Å². The van der Waals surface area contributed by atoms with Crippen LogP contribution in [0.5, 0.6) is 11.5 Å². The number of aliphatic hydroxyl groups is 2. The smallest absolute Gasteiger partial charge is 0.247 e. The standard InChI is InChI=1S/C18H20ClNO4.C16H14ClNO4/c1-11(18(22)20-8-9-21)10-14-15(19)17(24-3)13-7-5-4-6-12(13)16(14)23-2;1-9(16(22)18-6-7-19)8-12-13(17)15(21)11-5-3-2-4-10(11)14(12)20/h4-7,10,21H,8-9H2,1-3H3,(H,20,22);2-5,8,19H,6-7H2,1H3,(H,18,22)/b11-10+;9-8+. The second-order valence-electron chi connectivity index (χ2n) is 9.88. The molecule has 0 spiro atoms. The fraction of sp³-hybridized carbons (Fsp3) is 0.235. The Labute approximate surface area is 276 Å². The molecule has 0 heterocycles. The Kier molecular flexibility index (Phi) is 13.1. The van der Waals surface area contributed by atoms with E-state index in [9.17, 15) is 19.2 Å². The molecule has 0 bridgehead atoms. The highest BCUT2D eigenvalue weighted by molar-refractivity contribution is 6.50. The highest BCUT2D eigenvalue weighted by Crippen LogP contribution is 2.44. The van der Waals surface area contributed by atoms with Gasteiger partial charge in [0.2, 0.25) is 17.6 Å². The number of hydrogen-bond acceptors (Lipinski definition) is 8. The van der Waals surface area contributed by atoms with E-state index < -0.39 is 17.5 Å². The third-order valence-electron chi connectivity index (χ3n) is 6.83. The molecule has 0 fully saturated rings. The molecule has 12 heteroatoms. The molecule has 46 heavy (non-hydrogen) atoms. The topological polar surface area (TPSA) is 151 Å². The number of methoxy groups -OCH3 is 2. The molecular formula is C34H34Cl2N2O8. The van der Waals surface area contributed by atoms with Gasteiger partial charge in [0.15, 0.2) is 5.78 Å². The maximum Gasteiger partial charge on any atom is 0.247 e. The fourth-order valence-electron chi connectivity index (χ4n) is 4.59. The third kappa shape index (κ3) is 8.02. The molecule has 3 aromatic rings. The van der Waals surface area contributed by atoms with Gasteiger partial charge in [-0.3, -0.25) is 19.2 Å². The summed E-state index contributed by atoms with van der Waals surface area (Å²) in [6.45, 7) is 3.16. The Morgan fingerprint density at radius 2 is 1.20 bits per heavy atom. The molecule has 1 aliphatic rings. The van der Waals surface area contributed by atoms with Crippen molar-refractivity contribution in [3.05, 3.63) is 98.1 Å². The number of amides is 2. The molecule has 4 rings (SSSR count). The van der Waals surface area contributed by atoms with Crippen LogP contribution in [0.1, 0.15) is 40.1 Å². The second-order valence-corrected chi connectivity index (χ2v) is 10.6. The highest BCUT2D eigenvalue weighted by Gasteiger charge is 2.30. The summed E-state index contributed by atoms with van der Waals surface area (Å²) < 4.78 is 11.0. The molecule has 0 saturated carbocycles. The lowest BCUT2D eigenvalue weighted by Crippen LogP contribution is -2.27. The van der Waals surface area contributed by atoms with Crippen LogP contribution in [0.4, 0.5) is 0 Å². The van der Waals surface area contributed by atoms with Crippen molar-refractivity contribution in [1.29, 1.82) is 0 Å². The van der Waals surface area contributed by atoms with Crippen LogP contribution in [0.2, 0.25) is 5.02 Å². The van der Waals surface area contributed by atoms with E-state index in [4.69, 9.17) is 42.9 Å². The van der Waals surface area contributed by atoms with Gasteiger partial charge in [-0.15, -0.1) is 0 Å². The second kappa shape index (κ2) is 16.7. The van der Waals surface area contributed by atoms with Gasteiger partial charge in [-0.05, 0) is 26.0 Å². The number of ether oxygens (including phenoxy) is 2. The van der Waals surface area contributed by atoms with Crippen molar-refractivity contribution in [2.75, 3.05) is 40.5 Å². The SMILES string of the molecule is C/C(=C\C1=C(Cl)C(=O)c2ccccc2C1=O)C(=O)NCCO.COc1c(Cl)c(/C=C(\C)C(=O)NCCO)c(OC)c2ccccc12. The Hall–Kier alpha value is -4.48. The number of hydrogen-bond donors (Lipinski definition) is 4. The van der Waals surface area contributed by atoms with E-state index in [1.54, 1.807) is 51.5 Å². The molecule has 0 atom stereocenters. The Morgan fingerprint density at radius 1 is 0.739 bits per heavy atom. The van der Waals surface area contributed by atoms with E-state index in [0.29, 0.717) is 27.7 Å². The maximum atomic E-state index is 12.4. The van der Waals surface area contributed by atoms with E-state index in [-0.39, 0.29) is 59.5 Å². The molecule has 1 aliphatic carbocycles. The van der Waals surface area contributed by atoms with E-state index >= 15 is 0 Å². The van der Waals surface area contributed by atoms with Crippen LogP contribution in [0.3, 0.4) is 0 Å². The molecule has 0 aliphatic heterocycles. The van der Waals surface area contributed by atoms with Gasteiger partial charge in [0.25, 0.3) is 0 Å². The first-order chi connectivity index (χ1) is 22.0. The molecule has 3 aromatic carbocycles. The molecule has 4 N–H and O–H groups in total. The Morgan fingerprint density at radius 3 is 1.70 bits per heavy atom. The van der Waals surface area contributed by atoms with Crippen LogP contribution in [0.15, 0.2) is 76.4 Å². The lowest BCUT2D eigenvalue weighted by atomic mass is 9.88. The summed E-state index contributed by atoms with van der Waals surface area (Å²) in [6, 6.07) is 14.0. The summed E-state index contributed by atoms with van der Waals surface area (Å²) in [7, 11) is 3.11. The summed E-state index contributed by atoms with van der Waals surface area (Å²) in [5, 5.41) is 24.4.